The van der Waals surface area contributed by atoms with Crippen LogP contribution in [0.5, 0.6) is 0 Å². The SMILES string of the molecule is CCOC(=O)c1sc(-c2sc(C)nc2C)cc1N. The maximum absolute atomic E-state index is 11.7. The highest BCUT2D eigenvalue weighted by atomic mass is 32.1. The first-order valence-electron chi connectivity index (χ1n) is 5.53. The van der Waals surface area contributed by atoms with Gasteiger partial charge in [0.05, 0.1) is 27.9 Å². The number of nitrogens with zero attached hydrogens (tertiary/aromatic N) is 1. The third-order valence-corrected chi connectivity index (χ3v) is 4.73. The summed E-state index contributed by atoms with van der Waals surface area (Å²) in [6, 6.07) is 1.82. The van der Waals surface area contributed by atoms with E-state index in [0.717, 1.165) is 20.5 Å². The van der Waals surface area contributed by atoms with Crippen LogP contribution >= 0.6 is 22.7 Å². The Kier molecular flexibility index (Phi) is 3.68. The molecule has 2 heterocycles. The molecule has 0 aliphatic heterocycles. The van der Waals surface area contributed by atoms with Gasteiger partial charge in [-0.2, -0.15) is 0 Å². The zero-order valence-corrected chi connectivity index (χ0v) is 12.1. The van der Waals surface area contributed by atoms with E-state index in [1.807, 2.05) is 19.9 Å². The summed E-state index contributed by atoms with van der Waals surface area (Å²) < 4.78 is 4.97. The lowest BCUT2D eigenvalue weighted by molar-refractivity contribution is 0.0533. The summed E-state index contributed by atoms with van der Waals surface area (Å²) in [5, 5.41) is 1.01. The number of thiazole rings is 1. The highest BCUT2D eigenvalue weighted by Gasteiger charge is 2.18. The molecule has 0 aliphatic carbocycles. The van der Waals surface area contributed by atoms with Crippen LogP contribution < -0.4 is 5.73 Å². The van der Waals surface area contributed by atoms with Gasteiger partial charge in [-0.3, -0.25) is 0 Å². The molecule has 0 spiro atoms. The van der Waals surface area contributed by atoms with Crippen molar-refractivity contribution in [1.82, 2.24) is 4.98 Å². The minimum Gasteiger partial charge on any atom is -0.462 e. The number of hydrogen-bond acceptors (Lipinski definition) is 6. The lowest BCUT2D eigenvalue weighted by Crippen LogP contribution is -2.04. The van der Waals surface area contributed by atoms with Crippen LogP contribution in [-0.2, 0) is 4.74 Å². The maximum Gasteiger partial charge on any atom is 0.350 e. The van der Waals surface area contributed by atoms with Gasteiger partial charge in [0.2, 0.25) is 0 Å². The molecule has 0 bridgehead atoms. The van der Waals surface area contributed by atoms with Crippen molar-refractivity contribution in [2.75, 3.05) is 12.3 Å². The van der Waals surface area contributed by atoms with Crippen LogP contribution in [0, 0.1) is 13.8 Å². The molecule has 0 saturated heterocycles. The van der Waals surface area contributed by atoms with Crippen LogP contribution in [0.4, 0.5) is 5.69 Å². The fraction of sp³-hybridized carbons (Fsp3) is 0.333. The normalized spacial score (nSPS) is 10.6. The number of thiophene rings is 1. The number of hydrogen-bond donors (Lipinski definition) is 1. The van der Waals surface area contributed by atoms with Gasteiger partial charge < -0.3 is 10.5 Å². The number of aryl methyl sites for hydroxylation is 2. The van der Waals surface area contributed by atoms with Crippen molar-refractivity contribution >= 4 is 34.3 Å². The molecule has 0 aromatic carbocycles. The first-order chi connectivity index (χ1) is 8.52. The summed E-state index contributed by atoms with van der Waals surface area (Å²) in [6.45, 7) is 6.05. The molecule has 0 aliphatic rings. The molecule has 18 heavy (non-hydrogen) atoms. The number of aromatic nitrogens is 1. The van der Waals surface area contributed by atoms with E-state index in [9.17, 15) is 4.79 Å². The zero-order chi connectivity index (χ0) is 13.3. The molecule has 0 saturated carbocycles. The smallest absolute Gasteiger partial charge is 0.350 e. The second kappa shape index (κ2) is 5.07. The van der Waals surface area contributed by atoms with Crippen molar-refractivity contribution in [2.45, 2.75) is 20.8 Å². The minimum atomic E-state index is -0.356. The fourth-order valence-electron chi connectivity index (χ4n) is 1.63. The highest BCUT2D eigenvalue weighted by molar-refractivity contribution is 7.23. The van der Waals surface area contributed by atoms with Gasteiger partial charge in [-0.05, 0) is 26.8 Å². The van der Waals surface area contributed by atoms with Crippen LogP contribution in [0.15, 0.2) is 6.07 Å². The summed E-state index contributed by atoms with van der Waals surface area (Å²) in [5.74, 6) is -0.356. The van der Waals surface area contributed by atoms with Gasteiger partial charge in [0, 0.05) is 4.88 Å². The molecule has 2 N–H and O–H groups in total. The van der Waals surface area contributed by atoms with Crippen molar-refractivity contribution in [1.29, 1.82) is 0 Å². The molecule has 0 fully saturated rings. The van der Waals surface area contributed by atoms with Crippen molar-refractivity contribution in [3.05, 3.63) is 21.6 Å². The average molecular weight is 282 g/mol. The molecule has 0 unspecified atom stereocenters. The largest absolute Gasteiger partial charge is 0.462 e. The van der Waals surface area contributed by atoms with E-state index in [0.29, 0.717) is 17.2 Å². The van der Waals surface area contributed by atoms with Gasteiger partial charge in [0.25, 0.3) is 0 Å². The monoisotopic (exact) mass is 282 g/mol. The maximum atomic E-state index is 11.7. The molecule has 2 aromatic heterocycles. The van der Waals surface area contributed by atoms with E-state index in [1.165, 1.54) is 11.3 Å². The van der Waals surface area contributed by atoms with Crippen molar-refractivity contribution < 1.29 is 9.53 Å². The number of carbonyl (C=O) groups is 1. The molecule has 0 atom stereocenters. The Morgan fingerprint density at radius 2 is 2.17 bits per heavy atom. The number of anilines is 1. The van der Waals surface area contributed by atoms with E-state index in [2.05, 4.69) is 4.98 Å². The van der Waals surface area contributed by atoms with Gasteiger partial charge >= 0.3 is 5.97 Å². The zero-order valence-electron chi connectivity index (χ0n) is 10.4. The lowest BCUT2D eigenvalue weighted by Gasteiger charge is -1.98. The molecule has 4 nitrogen and oxygen atoms in total. The van der Waals surface area contributed by atoms with Gasteiger partial charge in [0.15, 0.2) is 0 Å². The van der Waals surface area contributed by atoms with Crippen LogP contribution in [0.25, 0.3) is 9.75 Å². The number of ether oxygens (including phenoxy) is 1. The Labute approximate surface area is 113 Å². The second-order valence-electron chi connectivity index (χ2n) is 3.76. The highest BCUT2D eigenvalue weighted by Crippen LogP contribution is 2.38. The van der Waals surface area contributed by atoms with Gasteiger partial charge in [-0.1, -0.05) is 0 Å². The Morgan fingerprint density at radius 3 is 2.72 bits per heavy atom. The number of esters is 1. The molecule has 0 radical (unpaired) electrons. The molecular formula is C12H14N2O2S2. The van der Waals surface area contributed by atoms with E-state index in [4.69, 9.17) is 10.5 Å². The van der Waals surface area contributed by atoms with Crippen LogP contribution in [-0.4, -0.2) is 17.6 Å². The summed E-state index contributed by atoms with van der Waals surface area (Å²) in [6.07, 6.45) is 0. The van der Waals surface area contributed by atoms with Crippen LogP contribution in [0.1, 0.15) is 27.3 Å². The molecule has 2 rings (SSSR count). The third kappa shape index (κ3) is 2.39. The van der Waals surface area contributed by atoms with Crippen molar-refractivity contribution in [3.8, 4) is 9.75 Å². The Bertz CT molecular complexity index is 587. The molecule has 96 valence electrons. The molecule has 6 heteroatoms. The molecule has 0 amide bonds. The quantitative estimate of drug-likeness (QED) is 0.878. The van der Waals surface area contributed by atoms with E-state index >= 15 is 0 Å². The Hall–Kier alpha value is -1.40. The molecular weight excluding hydrogens is 268 g/mol. The van der Waals surface area contributed by atoms with Crippen LogP contribution in [0.3, 0.4) is 0 Å². The van der Waals surface area contributed by atoms with E-state index in [1.54, 1.807) is 18.3 Å². The predicted molar refractivity (Wildman–Crippen MR) is 75.3 cm³/mol. The summed E-state index contributed by atoms with van der Waals surface area (Å²) in [4.78, 5) is 18.6. The second-order valence-corrected chi connectivity index (χ2v) is 6.02. The number of nitrogen functional groups attached to an aromatic ring is 1. The number of rotatable bonds is 3. The van der Waals surface area contributed by atoms with Gasteiger partial charge in [-0.25, -0.2) is 9.78 Å². The van der Waals surface area contributed by atoms with E-state index in [-0.39, 0.29) is 5.97 Å². The Morgan fingerprint density at radius 1 is 1.44 bits per heavy atom. The first kappa shape index (κ1) is 13.0. The summed E-state index contributed by atoms with van der Waals surface area (Å²) in [7, 11) is 0. The van der Waals surface area contributed by atoms with Gasteiger partial charge in [-0.15, -0.1) is 22.7 Å². The predicted octanol–water partition coefficient (Wildman–Crippen LogP) is 3.25. The topological polar surface area (TPSA) is 65.2 Å². The average Bonchev–Trinajstić information content (AvgIpc) is 2.82. The number of nitrogens with two attached hydrogens (primary N) is 1. The first-order valence-corrected chi connectivity index (χ1v) is 7.17. The summed E-state index contributed by atoms with van der Waals surface area (Å²) >= 11 is 2.97. The van der Waals surface area contributed by atoms with Crippen molar-refractivity contribution in [3.63, 3.8) is 0 Å². The lowest BCUT2D eigenvalue weighted by atomic mass is 10.3. The molecule has 2 aromatic rings. The van der Waals surface area contributed by atoms with Gasteiger partial charge in [0.1, 0.15) is 4.88 Å². The Balaban J connectivity index is 2.40. The van der Waals surface area contributed by atoms with E-state index < -0.39 is 0 Å². The standard InChI is InChI=1S/C12H14N2O2S2/c1-4-16-12(15)11-8(13)5-9(18-11)10-6(2)14-7(3)17-10/h5H,4,13H2,1-3H3. The fourth-order valence-corrected chi connectivity index (χ4v) is 3.68. The van der Waals surface area contributed by atoms with Crippen molar-refractivity contribution in [2.24, 2.45) is 0 Å². The summed E-state index contributed by atoms with van der Waals surface area (Å²) in [5.41, 5.74) is 7.30. The number of carbonyl (C=O) groups excluding carboxylic acids is 1. The van der Waals surface area contributed by atoms with Crippen LogP contribution in [0.2, 0.25) is 0 Å². The third-order valence-electron chi connectivity index (χ3n) is 2.35. The minimum absolute atomic E-state index is 0.351.